The van der Waals surface area contributed by atoms with Crippen LogP contribution in [0, 0.1) is 6.92 Å². The van der Waals surface area contributed by atoms with Crippen molar-refractivity contribution in [3.63, 3.8) is 0 Å². The zero-order valence-corrected chi connectivity index (χ0v) is 15.2. The number of amides is 1. The third kappa shape index (κ3) is 3.03. The lowest BCUT2D eigenvalue weighted by Gasteiger charge is -2.21. The molecule has 1 aliphatic rings. The average Bonchev–Trinajstić information content (AvgIpc) is 3.13. The highest BCUT2D eigenvalue weighted by molar-refractivity contribution is 7.22. The van der Waals surface area contributed by atoms with Gasteiger partial charge in [-0.15, -0.1) is 11.3 Å². The van der Waals surface area contributed by atoms with Crippen molar-refractivity contribution >= 4 is 43.9 Å². The standard InChI is InChI=1S/C18H19N3OS2/c1-13-7-8-16(23-13)17(22)20-9-4-10-21(12-11-20)18-19-14-5-2-3-6-15(14)24-18/h2-3,5-8H,4,9-12H2,1H3. The van der Waals surface area contributed by atoms with Crippen LogP contribution in [0.4, 0.5) is 5.13 Å². The molecule has 0 spiro atoms. The molecular formula is C18H19N3OS2. The van der Waals surface area contributed by atoms with Gasteiger partial charge in [-0.05, 0) is 37.6 Å². The van der Waals surface area contributed by atoms with Crippen LogP contribution in [0.3, 0.4) is 0 Å². The van der Waals surface area contributed by atoms with Gasteiger partial charge >= 0.3 is 0 Å². The number of thiazole rings is 1. The summed E-state index contributed by atoms with van der Waals surface area (Å²) in [6, 6.07) is 12.2. The highest BCUT2D eigenvalue weighted by atomic mass is 32.1. The number of carbonyl (C=O) groups is 1. The monoisotopic (exact) mass is 357 g/mol. The maximum absolute atomic E-state index is 12.7. The smallest absolute Gasteiger partial charge is 0.263 e. The SMILES string of the molecule is Cc1ccc(C(=O)N2CCCN(c3nc4ccccc4s3)CC2)s1. The number of fused-ring (bicyclic) bond motifs is 1. The highest BCUT2D eigenvalue weighted by Crippen LogP contribution is 2.29. The molecule has 6 heteroatoms. The quantitative estimate of drug-likeness (QED) is 0.695. The summed E-state index contributed by atoms with van der Waals surface area (Å²) in [7, 11) is 0. The summed E-state index contributed by atoms with van der Waals surface area (Å²) in [5.74, 6) is 0.166. The molecule has 124 valence electrons. The molecule has 0 bridgehead atoms. The second-order valence-electron chi connectivity index (χ2n) is 6.01. The molecule has 0 radical (unpaired) electrons. The minimum absolute atomic E-state index is 0.166. The van der Waals surface area contributed by atoms with Gasteiger partial charge in [0, 0.05) is 31.1 Å². The van der Waals surface area contributed by atoms with Crippen LogP contribution in [0.1, 0.15) is 21.0 Å². The molecule has 0 aliphatic carbocycles. The number of aryl methyl sites for hydroxylation is 1. The maximum atomic E-state index is 12.7. The van der Waals surface area contributed by atoms with Crippen molar-refractivity contribution in [2.45, 2.75) is 13.3 Å². The van der Waals surface area contributed by atoms with Gasteiger partial charge in [-0.3, -0.25) is 4.79 Å². The second kappa shape index (κ2) is 6.53. The first kappa shape index (κ1) is 15.6. The van der Waals surface area contributed by atoms with Crippen molar-refractivity contribution in [1.29, 1.82) is 0 Å². The molecule has 1 saturated heterocycles. The molecule has 1 aliphatic heterocycles. The van der Waals surface area contributed by atoms with Gasteiger partial charge in [-0.1, -0.05) is 23.5 Å². The summed E-state index contributed by atoms with van der Waals surface area (Å²) < 4.78 is 1.22. The minimum atomic E-state index is 0.166. The summed E-state index contributed by atoms with van der Waals surface area (Å²) >= 11 is 3.32. The summed E-state index contributed by atoms with van der Waals surface area (Å²) in [6.45, 7) is 5.41. The van der Waals surface area contributed by atoms with Crippen LogP contribution in [0.15, 0.2) is 36.4 Å². The maximum Gasteiger partial charge on any atom is 0.263 e. The van der Waals surface area contributed by atoms with E-state index >= 15 is 0 Å². The number of hydrogen-bond acceptors (Lipinski definition) is 5. The first-order valence-electron chi connectivity index (χ1n) is 8.17. The summed E-state index contributed by atoms with van der Waals surface area (Å²) in [5.41, 5.74) is 1.06. The summed E-state index contributed by atoms with van der Waals surface area (Å²) in [5, 5.41) is 1.07. The number of anilines is 1. The van der Waals surface area contributed by atoms with Crippen molar-refractivity contribution < 1.29 is 4.79 Å². The van der Waals surface area contributed by atoms with E-state index in [0.29, 0.717) is 0 Å². The number of aromatic nitrogens is 1. The molecule has 1 amide bonds. The van der Waals surface area contributed by atoms with E-state index in [9.17, 15) is 4.79 Å². The molecular weight excluding hydrogens is 338 g/mol. The number of thiophene rings is 1. The first-order chi connectivity index (χ1) is 11.7. The van der Waals surface area contributed by atoms with Crippen LogP contribution in [0.2, 0.25) is 0 Å². The zero-order chi connectivity index (χ0) is 16.5. The Kier molecular flexibility index (Phi) is 4.24. The molecule has 0 saturated carbocycles. The molecule has 3 aromatic rings. The fourth-order valence-corrected chi connectivity index (χ4v) is 4.87. The third-order valence-corrected chi connectivity index (χ3v) is 6.37. The highest BCUT2D eigenvalue weighted by Gasteiger charge is 2.22. The van der Waals surface area contributed by atoms with Gasteiger partial charge in [0.15, 0.2) is 5.13 Å². The van der Waals surface area contributed by atoms with Crippen molar-refractivity contribution in [2.24, 2.45) is 0 Å². The van der Waals surface area contributed by atoms with Gasteiger partial charge in [0.25, 0.3) is 5.91 Å². The Morgan fingerprint density at radius 3 is 2.71 bits per heavy atom. The number of nitrogens with zero attached hydrogens (tertiary/aromatic N) is 3. The Balaban J connectivity index is 1.48. The molecule has 0 N–H and O–H groups in total. The van der Waals surface area contributed by atoms with Crippen LogP contribution in [0.5, 0.6) is 0 Å². The fourth-order valence-electron chi connectivity index (χ4n) is 3.01. The van der Waals surface area contributed by atoms with E-state index < -0.39 is 0 Å². The largest absolute Gasteiger partial charge is 0.346 e. The molecule has 3 heterocycles. The van der Waals surface area contributed by atoms with E-state index in [2.05, 4.69) is 23.1 Å². The first-order valence-corrected chi connectivity index (χ1v) is 9.80. The lowest BCUT2D eigenvalue weighted by Crippen LogP contribution is -2.34. The van der Waals surface area contributed by atoms with E-state index in [1.807, 2.05) is 30.0 Å². The van der Waals surface area contributed by atoms with Gasteiger partial charge in [0.05, 0.1) is 15.1 Å². The topological polar surface area (TPSA) is 36.4 Å². The van der Waals surface area contributed by atoms with E-state index in [1.54, 1.807) is 22.7 Å². The Labute approximate surface area is 149 Å². The van der Waals surface area contributed by atoms with E-state index in [1.165, 1.54) is 9.58 Å². The Bertz CT molecular complexity index is 837. The number of para-hydroxylation sites is 1. The summed E-state index contributed by atoms with van der Waals surface area (Å²) in [4.78, 5) is 23.7. The number of rotatable bonds is 2. The molecule has 2 aromatic heterocycles. The Hall–Kier alpha value is -1.92. The normalized spacial score (nSPS) is 15.7. The van der Waals surface area contributed by atoms with Crippen LogP contribution in [0.25, 0.3) is 10.2 Å². The van der Waals surface area contributed by atoms with Crippen molar-refractivity contribution in [3.8, 4) is 0 Å². The summed E-state index contributed by atoms with van der Waals surface area (Å²) in [6.07, 6.45) is 0.978. The predicted octanol–water partition coefficient (Wildman–Crippen LogP) is 4.02. The van der Waals surface area contributed by atoms with E-state index in [-0.39, 0.29) is 5.91 Å². The van der Waals surface area contributed by atoms with Crippen LogP contribution in [-0.2, 0) is 0 Å². The van der Waals surface area contributed by atoms with Gasteiger partial charge in [0.2, 0.25) is 0 Å². The molecule has 1 aromatic carbocycles. The van der Waals surface area contributed by atoms with Crippen LogP contribution in [-0.4, -0.2) is 42.0 Å². The molecule has 0 unspecified atom stereocenters. The Morgan fingerprint density at radius 1 is 1.04 bits per heavy atom. The van der Waals surface area contributed by atoms with Gasteiger partial charge < -0.3 is 9.80 Å². The Morgan fingerprint density at radius 2 is 1.92 bits per heavy atom. The third-order valence-electron chi connectivity index (χ3n) is 4.29. The van der Waals surface area contributed by atoms with Crippen LogP contribution >= 0.6 is 22.7 Å². The molecule has 24 heavy (non-hydrogen) atoms. The average molecular weight is 358 g/mol. The van der Waals surface area contributed by atoms with E-state index in [0.717, 1.165) is 48.1 Å². The van der Waals surface area contributed by atoms with Crippen LogP contribution < -0.4 is 4.90 Å². The number of hydrogen-bond donors (Lipinski definition) is 0. The number of benzene rings is 1. The zero-order valence-electron chi connectivity index (χ0n) is 13.6. The van der Waals surface area contributed by atoms with Gasteiger partial charge in [-0.2, -0.15) is 0 Å². The number of carbonyl (C=O) groups excluding carboxylic acids is 1. The molecule has 4 nitrogen and oxygen atoms in total. The molecule has 4 rings (SSSR count). The lowest BCUT2D eigenvalue weighted by atomic mass is 10.3. The van der Waals surface area contributed by atoms with Gasteiger partial charge in [-0.25, -0.2) is 4.98 Å². The fraction of sp³-hybridized carbons (Fsp3) is 0.333. The predicted molar refractivity (Wildman–Crippen MR) is 101 cm³/mol. The lowest BCUT2D eigenvalue weighted by molar-refractivity contribution is 0.0772. The van der Waals surface area contributed by atoms with Crippen molar-refractivity contribution in [2.75, 3.05) is 31.1 Å². The van der Waals surface area contributed by atoms with E-state index in [4.69, 9.17) is 4.98 Å². The molecule has 1 fully saturated rings. The van der Waals surface area contributed by atoms with Crippen molar-refractivity contribution in [1.82, 2.24) is 9.88 Å². The second-order valence-corrected chi connectivity index (χ2v) is 8.30. The molecule has 0 atom stereocenters. The van der Waals surface area contributed by atoms with Gasteiger partial charge in [0.1, 0.15) is 0 Å². The minimum Gasteiger partial charge on any atom is -0.346 e. The van der Waals surface area contributed by atoms with Crippen molar-refractivity contribution in [3.05, 3.63) is 46.2 Å².